The third kappa shape index (κ3) is 2.55. The molecule has 2 aromatic heterocycles. The van der Waals surface area contributed by atoms with E-state index in [1.807, 2.05) is 0 Å². The van der Waals surface area contributed by atoms with Crippen LogP contribution < -0.4 is 4.74 Å². The number of fused-ring (bicyclic) bond motifs is 3. The van der Waals surface area contributed by atoms with Gasteiger partial charge in [-0.05, 0) is 12.1 Å². The quantitative estimate of drug-likeness (QED) is 0.652. The Morgan fingerprint density at radius 2 is 1.57 bits per heavy atom. The van der Waals surface area contributed by atoms with Gasteiger partial charge in [-0.15, -0.1) is 0 Å². The molecule has 9 heteroatoms. The molecule has 23 heavy (non-hydrogen) atoms. The van der Waals surface area contributed by atoms with Crippen molar-refractivity contribution in [1.29, 1.82) is 0 Å². The monoisotopic (exact) mass is 334 g/mol. The number of aromatic amines is 1. The largest absolute Gasteiger partial charge is 0.496 e. The molecule has 3 aromatic rings. The van der Waals surface area contributed by atoms with Gasteiger partial charge in [0.1, 0.15) is 11.4 Å². The van der Waals surface area contributed by atoms with E-state index in [9.17, 15) is 26.3 Å². The molecule has 0 saturated carbocycles. The van der Waals surface area contributed by atoms with Gasteiger partial charge in [0.05, 0.1) is 29.9 Å². The smallest absolute Gasteiger partial charge is 0.433 e. The summed E-state index contributed by atoms with van der Waals surface area (Å²) >= 11 is 0. The van der Waals surface area contributed by atoms with Crippen molar-refractivity contribution in [3.8, 4) is 5.75 Å². The van der Waals surface area contributed by atoms with Crippen molar-refractivity contribution >= 4 is 21.8 Å². The van der Waals surface area contributed by atoms with Gasteiger partial charge in [0.15, 0.2) is 0 Å². The van der Waals surface area contributed by atoms with E-state index in [1.165, 1.54) is 0 Å². The van der Waals surface area contributed by atoms with E-state index >= 15 is 0 Å². The van der Waals surface area contributed by atoms with Crippen molar-refractivity contribution in [3.05, 3.63) is 35.7 Å². The Kier molecular flexibility index (Phi) is 3.20. The minimum absolute atomic E-state index is 0.00970. The van der Waals surface area contributed by atoms with Crippen LogP contribution in [0.2, 0.25) is 0 Å². The van der Waals surface area contributed by atoms with E-state index in [2.05, 4.69) is 9.97 Å². The van der Waals surface area contributed by atoms with Crippen LogP contribution in [0.1, 0.15) is 11.3 Å². The highest BCUT2D eigenvalue weighted by Crippen LogP contribution is 2.41. The first-order chi connectivity index (χ1) is 10.6. The second kappa shape index (κ2) is 4.77. The zero-order valence-electron chi connectivity index (χ0n) is 11.4. The molecular formula is C14H8F6N2O. The third-order valence-electron chi connectivity index (χ3n) is 3.40. The number of nitrogens with zero attached hydrogens (tertiary/aromatic N) is 1. The predicted molar refractivity (Wildman–Crippen MR) is 70.2 cm³/mol. The van der Waals surface area contributed by atoms with Crippen molar-refractivity contribution in [1.82, 2.24) is 9.97 Å². The van der Waals surface area contributed by atoms with Gasteiger partial charge in [-0.25, -0.2) is 4.98 Å². The maximum absolute atomic E-state index is 13.1. The number of benzene rings is 1. The third-order valence-corrected chi connectivity index (χ3v) is 3.40. The van der Waals surface area contributed by atoms with Crippen molar-refractivity contribution in [2.75, 3.05) is 7.11 Å². The summed E-state index contributed by atoms with van der Waals surface area (Å²) in [6.45, 7) is 0. The molecule has 0 aliphatic rings. The van der Waals surface area contributed by atoms with Crippen molar-refractivity contribution in [3.63, 3.8) is 0 Å². The molecule has 0 saturated heterocycles. The van der Waals surface area contributed by atoms with Crippen LogP contribution in [0.15, 0.2) is 24.4 Å². The van der Waals surface area contributed by atoms with Crippen LogP contribution in [0.25, 0.3) is 21.8 Å². The molecule has 0 bridgehead atoms. The Bertz CT molecular complexity index is 894. The van der Waals surface area contributed by atoms with Gasteiger partial charge >= 0.3 is 12.4 Å². The number of hydrogen-bond acceptors (Lipinski definition) is 2. The standard InChI is InChI=1S/C14H8F6N2O/c1-23-11-4-9-6(2-8(11)13(15,16)17)7-3-12(14(18,19)20)21-5-10(7)22-9/h2-5,22H,1H3. The van der Waals surface area contributed by atoms with E-state index in [-0.39, 0.29) is 21.8 Å². The molecule has 0 amide bonds. The molecule has 0 spiro atoms. The summed E-state index contributed by atoms with van der Waals surface area (Å²) in [7, 11) is 1.09. The van der Waals surface area contributed by atoms with Gasteiger partial charge < -0.3 is 9.72 Å². The molecule has 0 unspecified atom stereocenters. The fourth-order valence-corrected chi connectivity index (χ4v) is 2.37. The maximum atomic E-state index is 13.1. The van der Waals surface area contributed by atoms with E-state index < -0.39 is 29.4 Å². The van der Waals surface area contributed by atoms with Crippen LogP contribution >= 0.6 is 0 Å². The summed E-state index contributed by atoms with van der Waals surface area (Å²) in [5.74, 6) is -0.416. The lowest BCUT2D eigenvalue weighted by atomic mass is 10.1. The zero-order valence-corrected chi connectivity index (χ0v) is 11.4. The number of H-pyrrole nitrogens is 1. The van der Waals surface area contributed by atoms with E-state index in [4.69, 9.17) is 4.74 Å². The van der Waals surface area contributed by atoms with Crippen LogP contribution in [0.5, 0.6) is 5.75 Å². The number of ether oxygens (including phenoxy) is 1. The number of rotatable bonds is 1. The molecule has 0 radical (unpaired) electrons. The SMILES string of the molecule is COc1cc2[nH]c3cnc(C(F)(F)F)cc3c2cc1C(F)(F)F. The van der Waals surface area contributed by atoms with Gasteiger partial charge in [-0.1, -0.05) is 0 Å². The average molecular weight is 334 g/mol. The summed E-state index contributed by atoms with van der Waals surface area (Å²) in [5.41, 5.74) is -1.80. The highest BCUT2D eigenvalue weighted by molar-refractivity contribution is 6.07. The lowest BCUT2D eigenvalue weighted by molar-refractivity contribution is -0.141. The molecule has 0 aliphatic carbocycles. The number of aromatic nitrogens is 2. The van der Waals surface area contributed by atoms with Crippen LogP contribution in [-0.4, -0.2) is 17.1 Å². The minimum atomic E-state index is -4.69. The Labute approximate surface area is 124 Å². The summed E-state index contributed by atoms with van der Waals surface area (Å²) in [4.78, 5) is 6.01. The minimum Gasteiger partial charge on any atom is -0.496 e. The van der Waals surface area contributed by atoms with Crippen molar-refractivity contribution < 1.29 is 31.1 Å². The van der Waals surface area contributed by atoms with Gasteiger partial charge in [-0.3, -0.25) is 0 Å². The van der Waals surface area contributed by atoms with Gasteiger partial charge in [-0.2, -0.15) is 26.3 Å². The second-order valence-corrected chi connectivity index (χ2v) is 4.83. The zero-order chi connectivity index (χ0) is 17.0. The molecule has 1 aromatic carbocycles. The van der Waals surface area contributed by atoms with Gasteiger partial charge in [0, 0.05) is 16.8 Å². The number of nitrogens with one attached hydrogen (secondary N) is 1. The Morgan fingerprint density at radius 1 is 0.913 bits per heavy atom. The molecule has 122 valence electrons. The lowest BCUT2D eigenvalue weighted by Gasteiger charge is -2.12. The Morgan fingerprint density at radius 3 is 2.13 bits per heavy atom. The molecule has 2 heterocycles. The second-order valence-electron chi connectivity index (χ2n) is 4.83. The van der Waals surface area contributed by atoms with Gasteiger partial charge in [0.25, 0.3) is 0 Å². The van der Waals surface area contributed by atoms with E-state index in [1.54, 1.807) is 0 Å². The number of pyridine rings is 1. The first kappa shape index (κ1) is 15.4. The fraction of sp³-hybridized carbons (Fsp3) is 0.214. The van der Waals surface area contributed by atoms with Crippen molar-refractivity contribution in [2.24, 2.45) is 0 Å². The lowest BCUT2D eigenvalue weighted by Crippen LogP contribution is -2.07. The van der Waals surface area contributed by atoms with E-state index in [0.29, 0.717) is 0 Å². The van der Waals surface area contributed by atoms with Crippen molar-refractivity contribution in [2.45, 2.75) is 12.4 Å². The highest BCUT2D eigenvalue weighted by atomic mass is 19.4. The molecular weight excluding hydrogens is 326 g/mol. The Balaban J connectivity index is 2.36. The van der Waals surface area contributed by atoms with E-state index in [0.717, 1.165) is 31.5 Å². The maximum Gasteiger partial charge on any atom is 0.433 e. The molecule has 3 nitrogen and oxygen atoms in total. The fourth-order valence-electron chi connectivity index (χ4n) is 2.37. The average Bonchev–Trinajstić information content (AvgIpc) is 2.80. The highest BCUT2D eigenvalue weighted by Gasteiger charge is 2.36. The molecule has 0 fully saturated rings. The molecule has 3 rings (SSSR count). The van der Waals surface area contributed by atoms with Crippen LogP contribution in [0.3, 0.4) is 0 Å². The Hall–Kier alpha value is -2.45. The predicted octanol–water partition coefficient (Wildman–Crippen LogP) is 4.76. The normalized spacial score (nSPS) is 13.0. The molecule has 0 atom stereocenters. The summed E-state index contributed by atoms with van der Waals surface area (Å²) in [6, 6.07) is 2.60. The number of methoxy groups -OCH3 is 1. The van der Waals surface area contributed by atoms with Crippen LogP contribution in [-0.2, 0) is 12.4 Å². The molecule has 0 aliphatic heterocycles. The van der Waals surface area contributed by atoms with Crippen LogP contribution in [0, 0.1) is 0 Å². The summed E-state index contributed by atoms with van der Waals surface area (Å²) in [6.07, 6.45) is -8.43. The topological polar surface area (TPSA) is 37.9 Å². The number of hydrogen-bond donors (Lipinski definition) is 1. The number of alkyl halides is 6. The summed E-state index contributed by atoms with van der Waals surface area (Å²) in [5, 5.41) is 0.0245. The molecule has 1 N–H and O–H groups in total. The number of halogens is 6. The first-order valence-electron chi connectivity index (χ1n) is 6.25. The van der Waals surface area contributed by atoms with Crippen LogP contribution in [0.4, 0.5) is 26.3 Å². The first-order valence-corrected chi connectivity index (χ1v) is 6.25. The summed E-state index contributed by atoms with van der Waals surface area (Å²) < 4.78 is 82.1. The van der Waals surface area contributed by atoms with Gasteiger partial charge in [0.2, 0.25) is 0 Å².